The molecule has 1 atom stereocenters. The molecular weight excluding hydrogens is 358 g/mol. The fourth-order valence-corrected chi connectivity index (χ4v) is 3.54. The summed E-state index contributed by atoms with van der Waals surface area (Å²) in [4.78, 5) is 10.3. The highest BCUT2D eigenvalue weighted by Crippen LogP contribution is 2.37. The molecule has 0 bridgehead atoms. The molecule has 1 aromatic heterocycles. The van der Waals surface area contributed by atoms with E-state index in [2.05, 4.69) is 15.6 Å². The Bertz CT molecular complexity index is 870. The zero-order valence-corrected chi connectivity index (χ0v) is 16.8. The van der Waals surface area contributed by atoms with Crippen LogP contribution in [0.1, 0.15) is 69.7 Å². The van der Waals surface area contributed by atoms with E-state index in [0.717, 1.165) is 35.6 Å². The molecule has 1 fully saturated rings. The highest BCUT2D eigenvalue weighted by Gasteiger charge is 2.37. The molecule has 2 heterocycles. The van der Waals surface area contributed by atoms with Gasteiger partial charge in [-0.05, 0) is 56.9 Å². The van der Waals surface area contributed by atoms with Crippen molar-refractivity contribution >= 4 is 5.70 Å². The number of benzene rings is 1. The fraction of sp³-hybridized carbons (Fsp3) is 0.524. The van der Waals surface area contributed by atoms with Gasteiger partial charge >= 0.3 is 0 Å². The molecule has 150 valence electrons. The lowest BCUT2D eigenvalue weighted by Gasteiger charge is -2.17. The number of aromatic nitrogens is 2. The van der Waals surface area contributed by atoms with Crippen molar-refractivity contribution in [2.24, 2.45) is 0 Å². The van der Waals surface area contributed by atoms with Crippen LogP contribution in [0.15, 0.2) is 28.8 Å². The average molecular weight is 385 g/mol. The van der Waals surface area contributed by atoms with Crippen LogP contribution in [0.2, 0.25) is 0 Å². The lowest BCUT2D eigenvalue weighted by molar-refractivity contribution is -0.0319. The molecule has 7 heteroatoms. The van der Waals surface area contributed by atoms with E-state index in [4.69, 9.17) is 18.8 Å². The van der Waals surface area contributed by atoms with Gasteiger partial charge in [0, 0.05) is 11.5 Å². The summed E-state index contributed by atoms with van der Waals surface area (Å²) in [6.07, 6.45) is 6.83. The van der Waals surface area contributed by atoms with Crippen molar-refractivity contribution in [3.05, 3.63) is 41.6 Å². The second-order valence-electron chi connectivity index (χ2n) is 7.87. The number of nitrogens with one attached hydrogen (secondary N) is 1. The van der Waals surface area contributed by atoms with E-state index in [-0.39, 0.29) is 12.0 Å². The smallest absolute Gasteiger partial charge is 0.229 e. The predicted molar refractivity (Wildman–Crippen MR) is 104 cm³/mol. The van der Waals surface area contributed by atoms with E-state index in [0.29, 0.717) is 11.7 Å². The standard InChI is InChI=1S/C21H27N3O4/c1-13(2)19-22-20(24-27-19)21(3)12-16(23-28-21)14-9-10-17(25-4)18(11-14)26-15-7-5-6-8-15/h9-13,15,23H,5-8H2,1-4H3. The summed E-state index contributed by atoms with van der Waals surface area (Å²) in [7, 11) is 1.66. The SMILES string of the molecule is COc1ccc(C2=CC(C)(c3noc(C(C)C)n3)ON2)cc1OC1CCCC1. The number of nitrogens with zero attached hydrogens (tertiary/aromatic N) is 2. The molecule has 1 unspecified atom stereocenters. The van der Waals surface area contributed by atoms with Crippen LogP contribution in [-0.2, 0) is 10.4 Å². The fourth-order valence-electron chi connectivity index (χ4n) is 3.54. The lowest BCUT2D eigenvalue weighted by atomic mass is 10.0. The first kappa shape index (κ1) is 18.8. The largest absolute Gasteiger partial charge is 0.493 e. The summed E-state index contributed by atoms with van der Waals surface area (Å²) in [5.41, 5.74) is 3.97. The van der Waals surface area contributed by atoms with Crippen LogP contribution in [0.25, 0.3) is 5.70 Å². The summed E-state index contributed by atoms with van der Waals surface area (Å²) in [5.74, 6) is 2.75. The molecule has 0 saturated heterocycles. The number of hydrogen-bond donors (Lipinski definition) is 1. The summed E-state index contributed by atoms with van der Waals surface area (Å²) >= 11 is 0. The van der Waals surface area contributed by atoms with Crippen molar-refractivity contribution in [3.8, 4) is 11.5 Å². The number of methoxy groups -OCH3 is 1. The van der Waals surface area contributed by atoms with Gasteiger partial charge in [0.05, 0.1) is 18.9 Å². The molecule has 1 saturated carbocycles. The molecule has 28 heavy (non-hydrogen) atoms. The summed E-state index contributed by atoms with van der Waals surface area (Å²) in [6, 6.07) is 5.88. The highest BCUT2D eigenvalue weighted by molar-refractivity contribution is 5.68. The zero-order chi connectivity index (χ0) is 19.7. The minimum atomic E-state index is -0.807. The van der Waals surface area contributed by atoms with Gasteiger partial charge in [-0.15, -0.1) is 0 Å². The van der Waals surface area contributed by atoms with Crippen LogP contribution in [-0.4, -0.2) is 23.4 Å². The Morgan fingerprint density at radius 1 is 1.21 bits per heavy atom. The van der Waals surface area contributed by atoms with Crippen LogP contribution in [0.3, 0.4) is 0 Å². The first-order valence-corrected chi connectivity index (χ1v) is 9.84. The molecule has 0 amide bonds. The summed E-state index contributed by atoms with van der Waals surface area (Å²) in [6.45, 7) is 5.93. The van der Waals surface area contributed by atoms with Crippen LogP contribution in [0.5, 0.6) is 11.5 Å². The molecule has 1 aromatic carbocycles. The van der Waals surface area contributed by atoms with E-state index in [9.17, 15) is 0 Å². The van der Waals surface area contributed by atoms with Gasteiger partial charge in [-0.2, -0.15) is 4.98 Å². The maximum absolute atomic E-state index is 6.20. The van der Waals surface area contributed by atoms with Gasteiger partial charge < -0.3 is 14.0 Å². The zero-order valence-electron chi connectivity index (χ0n) is 16.8. The van der Waals surface area contributed by atoms with Gasteiger partial charge in [0.15, 0.2) is 17.1 Å². The van der Waals surface area contributed by atoms with Gasteiger partial charge in [0.1, 0.15) is 0 Å². The molecule has 0 radical (unpaired) electrons. The van der Waals surface area contributed by atoms with E-state index >= 15 is 0 Å². The summed E-state index contributed by atoms with van der Waals surface area (Å²) < 4.78 is 17.0. The Hall–Kier alpha value is -2.54. The van der Waals surface area contributed by atoms with E-state index < -0.39 is 5.60 Å². The van der Waals surface area contributed by atoms with E-state index in [1.807, 2.05) is 45.0 Å². The minimum absolute atomic E-state index is 0.166. The minimum Gasteiger partial charge on any atom is -0.493 e. The predicted octanol–water partition coefficient (Wildman–Crippen LogP) is 4.31. The van der Waals surface area contributed by atoms with Crippen LogP contribution < -0.4 is 15.0 Å². The average Bonchev–Trinajstić information content (AvgIpc) is 3.43. The topological polar surface area (TPSA) is 78.6 Å². The Balaban J connectivity index is 1.60. The molecule has 0 spiro atoms. The van der Waals surface area contributed by atoms with Crippen molar-refractivity contribution in [2.75, 3.05) is 7.11 Å². The number of hydrogen-bond acceptors (Lipinski definition) is 7. The van der Waals surface area contributed by atoms with Gasteiger partial charge in [-0.3, -0.25) is 10.3 Å². The second kappa shape index (κ2) is 7.47. The van der Waals surface area contributed by atoms with Crippen LogP contribution >= 0.6 is 0 Å². The molecule has 1 aliphatic heterocycles. The van der Waals surface area contributed by atoms with Gasteiger partial charge in [0.2, 0.25) is 11.7 Å². The quantitative estimate of drug-likeness (QED) is 0.793. The van der Waals surface area contributed by atoms with Gasteiger partial charge in [-0.25, -0.2) is 0 Å². The third-order valence-electron chi connectivity index (χ3n) is 5.24. The molecule has 1 aliphatic carbocycles. The summed E-state index contributed by atoms with van der Waals surface area (Å²) in [5, 5.41) is 4.09. The first-order chi connectivity index (χ1) is 13.5. The van der Waals surface area contributed by atoms with E-state index in [1.165, 1.54) is 12.8 Å². The number of rotatable bonds is 6. The molecule has 4 rings (SSSR count). The monoisotopic (exact) mass is 385 g/mol. The molecular formula is C21H27N3O4. The first-order valence-electron chi connectivity index (χ1n) is 9.84. The lowest BCUT2D eigenvalue weighted by Crippen LogP contribution is -2.24. The number of hydroxylamine groups is 1. The molecule has 2 aromatic rings. The maximum atomic E-state index is 6.20. The van der Waals surface area contributed by atoms with Crippen molar-refractivity contribution in [3.63, 3.8) is 0 Å². The Morgan fingerprint density at radius 3 is 2.68 bits per heavy atom. The highest BCUT2D eigenvalue weighted by atomic mass is 16.7. The Morgan fingerprint density at radius 2 is 2.00 bits per heavy atom. The molecule has 7 nitrogen and oxygen atoms in total. The van der Waals surface area contributed by atoms with Crippen LogP contribution in [0, 0.1) is 0 Å². The van der Waals surface area contributed by atoms with Crippen LogP contribution in [0.4, 0.5) is 0 Å². The van der Waals surface area contributed by atoms with Crippen molar-refractivity contribution in [2.45, 2.75) is 64.1 Å². The molecule has 1 N–H and O–H groups in total. The van der Waals surface area contributed by atoms with Crippen molar-refractivity contribution in [1.82, 2.24) is 15.6 Å². The maximum Gasteiger partial charge on any atom is 0.229 e. The normalized spacial score (nSPS) is 22.4. The van der Waals surface area contributed by atoms with Gasteiger partial charge in [-0.1, -0.05) is 19.0 Å². The Kier molecular flexibility index (Phi) is 5.02. The van der Waals surface area contributed by atoms with E-state index in [1.54, 1.807) is 7.11 Å². The Labute approximate surface area is 165 Å². The third kappa shape index (κ3) is 3.58. The van der Waals surface area contributed by atoms with Crippen molar-refractivity contribution in [1.29, 1.82) is 0 Å². The van der Waals surface area contributed by atoms with Gasteiger partial charge in [0.25, 0.3) is 0 Å². The molecule has 2 aliphatic rings. The second-order valence-corrected chi connectivity index (χ2v) is 7.87. The number of ether oxygens (including phenoxy) is 2. The van der Waals surface area contributed by atoms with Crippen molar-refractivity contribution < 1.29 is 18.8 Å². The third-order valence-corrected chi connectivity index (χ3v) is 5.24.